The van der Waals surface area contributed by atoms with Crippen LogP contribution in [0.3, 0.4) is 0 Å². The molecule has 0 aliphatic heterocycles. The molecule has 0 aromatic heterocycles. The summed E-state index contributed by atoms with van der Waals surface area (Å²) in [5.41, 5.74) is 7.18. The maximum absolute atomic E-state index is 12.7. The van der Waals surface area contributed by atoms with Crippen molar-refractivity contribution >= 4 is 17.3 Å². The van der Waals surface area contributed by atoms with Crippen LogP contribution in [0.4, 0.5) is 11.4 Å². The van der Waals surface area contributed by atoms with Gasteiger partial charge in [-0.05, 0) is 31.2 Å². The van der Waals surface area contributed by atoms with E-state index in [2.05, 4.69) is 0 Å². The van der Waals surface area contributed by atoms with Crippen molar-refractivity contribution in [3.05, 3.63) is 48.0 Å². The molecule has 0 saturated carbocycles. The van der Waals surface area contributed by atoms with E-state index in [1.165, 1.54) is 11.0 Å². The molecule has 110 valence electrons. The molecule has 1 amide bonds. The minimum Gasteiger partial charge on any atom is -0.508 e. The zero-order chi connectivity index (χ0) is 15.4. The van der Waals surface area contributed by atoms with Gasteiger partial charge in [0.1, 0.15) is 17.1 Å². The fourth-order valence-electron chi connectivity index (χ4n) is 2.04. The topological polar surface area (TPSA) is 75.8 Å². The van der Waals surface area contributed by atoms with E-state index in [-0.39, 0.29) is 11.7 Å². The lowest BCUT2D eigenvalue weighted by atomic mass is 10.1. The molecule has 2 aromatic rings. The molecule has 0 heterocycles. The highest BCUT2D eigenvalue weighted by atomic mass is 16.5. The van der Waals surface area contributed by atoms with Gasteiger partial charge in [-0.3, -0.25) is 4.79 Å². The van der Waals surface area contributed by atoms with Crippen LogP contribution in [0.25, 0.3) is 0 Å². The van der Waals surface area contributed by atoms with Crippen LogP contribution < -0.4 is 15.4 Å². The largest absolute Gasteiger partial charge is 0.508 e. The van der Waals surface area contributed by atoms with Crippen molar-refractivity contribution in [3.8, 4) is 11.5 Å². The number of carbonyl (C=O) groups excluding carboxylic acids is 1. The number of benzene rings is 2. The van der Waals surface area contributed by atoms with Gasteiger partial charge in [0.15, 0.2) is 0 Å². The van der Waals surface area contributed by atoms with Gasteiger partial charge in [0.25, 0.3) is 5.91 Å². The van der Waals surface area contributed by atoms with Crippen LogP contribution in [0.2, 0.25) is 0 Å². The fourth-order valence-corrected chi connectivity index (χ4v) is 2.04. The Morgan fingerprint density at radius 2 is 2.00 bits per heavy atom. The Bertz CT molecular complexity index is 656. The van der Waals surface area contributed by atoms with Crippen LogP contribution in [0.15, 0.2) is 42.5 Å². The third-order valence-corrected chi connectivity index (χ3v) is 3.09. The fraction of sp³-hybridized carbons (Fsp3) is 0.188. The number of phenolic OH excluding ortho intramolecular Hbond substituents is 1. The van der Waals surface area contributed by atoms with Crippen LogP contribution in [0.5, 0.6) is 11.5 Å². The van der Waals surface area contributed by atoms with Crippen molar-refractivity contribution in [2.75, 3.05) is 24.3 Å². The maximum atomic E-state index is 12.7. The molecule has 0 aliphatic rings. The first-order valence-corrected chi connectivity index (χ1v) is 6.63. The Kier molecular flexibility index (Phi) is 4.33. The molecule has 21 heavy (non-hydrogen) atoms. The highest BCUT2D eigenvalue weighted by Crippen LogP contribution is 2.28. The van der Waals surface area contributed by atoms with E-state index < -0.39 is 0 Å². The number of aromatic hydroxyl groups is 1. The Labute approximate surface area is 123 Å². The minimum atomic E-state index is -0.290. The maximum Gasteiger partial charge on any atom is 0.263 e. The number of nitrogens with zero attached hydrogens (tertiary/aromatic N) is 1. The summed E-state index contributed by atoms with van der Waals surface area (Å²) in [5, 5.41) is 9.52. The SMILES string of the molecule is CCOc1cccc(N)c1C(=O)N(C)c1cccc(O)c1. The first kappa shape index (κ1) is 14.7. The van der Waals surface area contributed by atoms with Crippen LogP contribution in [0.1, 0.15) is 17.3 Å². The molecule has 3 N–H and O–H groups in total. The van der Waals surface area contributed by atoms with Crippen LogP contribution in [-0.4, -0.2) is 24.7 Å². The molecule has 5 nitrogen and oxygen atoms in total. The highest BCUT2D eigenvalue weighted by Gasteiger charge is 2.21. The number of carbonyl (C=O) groups is 1. The first-order chi connectivity index (χ1) is 10.0. The molecule has 0 bridgehead atoms. The molecule has 0 fully saturated rings. The summed E-state index contributed by atoms with van der Waals surface area (Å²) in [6.07, 6.45) is 0. The lowest BCUT2D eigenvalue weighted by molar-refractivity contribution is 0.0990. The van der Waals surface area contributed by atoms with E-state index in [0.717, 1.165) is 0 Å². The molecule has 0 aliphatic carbocycles. The van der Waals surface area contributed by atoms with Gasteiger partial charge in [0, 0.05) is 24.5 Å². The molecule has 0 spiro atoms. The van der Waals surface area contributed by atoms with Crippen LogP contribution in [0, 0.1) is 0 Å². The van der Waals surface area contributed by atoms with Crippen molar-refractivity contribution in [1.82, 2.24) is 0 Å². The minimum absolute atomic E-state index is 0.0956. The summed E-state index contributed by atoms with van der Waals surface area (Å²) >= 11 is 0. The number of nitrogen functional groups attached to an aromatic ring is 1. The number of phenols is 1. The number of amides is 1. The van der Waals surface area contributed by atoms with Crippen molar-refractivity contribution in [2.24, 2.45) is 0 Å². The second kappa shape index (κ2) is 6.17. The highest BCUT2D eigenvalue weighted by molar-refractivity contribution is 6.11. The molecular weight excluding hydrogens is 268 g/mol. The molecular formula is C16H18N2O3. The third kappa shape index (κ3) is 3.08. The van der Waals surface area contributed by atoms with E-state index in [1.807, 2.05) is 6.92 Å². The number of nitrogens with two attached hydrogens (primary N) is 1. The Hall–Kier alpha value is -2.69. The molecule has 0 saturated heterocycles. The predicted octanol–water partition coefficient (Wildman–Crippen LogP) is 2.65. The van der Waals surface area contributed by atoms with Gasteiger partial charge in [0.2, 0.25) is 0 Å². The summed E-state index contributed by atoms with van der Waals surface area (Å²) in [4.78, 5) is 14.1. The normalized spacial score (nSPS) is 10.2. The van der Waals surface area contributed by atoms with E-state index in [9.17, 15) is 9.90 Å². The first-order valence-electron chi connectivity index (χ1n) is 6.63. The van der Waals surface area contributed by atoms with Gasteiger partial charge >= 0.3 is 0 Å². The molecule has 2 rings (SSSR count). The lowest BCUT2D eigenvalue weighted by Gasteiger charge is -2.20. The Morgan fingerprint density at radius 1 is 1.29 bits per heavy atom. The number of rotatable bonds is 4. The van der Waals surface area contributed by atoms with Crippen molar-refractivity contribution < 1.29 is 14.6 Å². The van der Waals surface area contributed by atoms with Gasteiger partial charge in [-0.2, -0.15) is 0 Å². The van der Waals surface area contributed by atoms with Gasteiger partial charge in [-0.1, -0.05) is 12.1 Å². The Morgan fingerprint density at radius 3 is 2.67 bits per heavy atom. The van der Waals surface area contributed by atoms with Crippen molar-refractivity contribution in [2.45, 2.75) is 6.92 Å². The Balaban J connectivity index is 2.40. The predicted molar refractivity (Wildman–Crippen MR) is 82.9 cm³/mol. The number of hydrogen-bond acceptors (Lipinski definition) is 4. The van der Waals surface area contributed by atoms with E-state index >= 15 is 0 Å². The smallest absolute Gasteiger partial charge is 0.263 e. The average molecular weight is 286 g/mol. The van der Waals surface area contributed by atoms with Gasteiger partial charge < -0.3 is 20.5 Å². The van der Waals surface area contributed by atoms with E-state index in [1.54, 1.807) is 43.4 Å². The van der Waals surface area contributed by atoms with Crippen LogP contribution in [-0.2, 0) is 0 Å². The van der Waals surface area contributed by atoms with E-state index in [4.69, 9.17) is 10.5 Å². The monoisotopic (exact) mass is 286 g/mol. The van der Waals surface area contributed by atoms with Gasteiger partial charge in [-0.25, -0.2) is 0 Å². The zero-order valence-corrected chi connectivity index (χ0v) is 12.0. The van der Waals surface area contributed by atoms with Crippen molar-refractivity contribution in [1.29, 1.82) is 0 Å². The van der Waals surface area contributed by atoms with Gasteiger partial charge in [0.05, 0.1) is 6.61 Å². The second-order valence-corrected chi connectivity index (χ2v) is 4.54. The van der Waals surface area contributed by atoms with E-state index in [0.29, 0.717) is 29.3 Å². The standard InChI is InChI=1S/C16H18N2O3/c1-3-21-14-9-5-8-13(17)15(14)16(20)18(2)11-6-4-7-12(19)10-11/h4-10,19H,3,17H2,1-2H3. The van der Waals surface area contributed by atoms with Crippen LogP contribution >= 0.6 is 0 Å². The van der Waals surface area contributed by atoms with Crippen molar-refractivity contribution in [3.63, 3.8) is 0 Å². The zero-order valence-electron chi connectivity index (χ0n) is 12.0. The molecule has 2 aromatic carbocycles. The third-order valence-electron chi connectivity index (χ3n) is 3.09. The molecule has 0 atom stereocenters. The number of hydrogen-bond donors (Lipinski definition) is 2. The second-order valence-electron chi connectivity index (χ2n) is 4.54. The van der Waals surface area contributed by atoms with Gasteiger partial charge in [-0.15, -0.1) is 0 Å². The molecule has 0 radical (unpaired) electrons. The number of ether oxygens (including phenoxy) is 1. The average Bonchev–Trinajstić information content (AvgIpc) is 2.46. The number of anilines is 2. The summed E-state index contributed by atoms with van der Waals surface area (Å²) in [6.45, 7) is 2.29. The molecule has 0 unspecified atom stereocenters. The summed E-state index contributed by atoms with van der Waals surface area (Å²) in [6, 6.07) is 11.6. The summed E-state index contributed by atoms with van der Waals surface area (Å²) in [5.74, 6) is 0.259. The molecule has 5 heteroatoms. The quantitative estimate of drug-likeness (QED) is 0.847. The summed E-state index contributed by atoms with van der Waals surface area (Å²) < 4.78 is 5.47. The summed E-state index contributed by atoms with van der Waals surface area (Å²) in [7, 11) is 1.62. The lowest BCUT2D eigenvalue weighted by Crippen LogP contribution is -2.27.